The average Bonchev–Trinajstić information content (AvgIpc) is 2.71. The van der Waals surface area contributed by atoms with Crippen LogP contribution in [0.1, 0.15) is 22.2 Å². The third-order valence-electron chi connectivity index (χ3n) is 2.54. The molecular weight excluding hydrogens is 182 g/mol. The van der Waals surface area contributed by atoms with Gasteiger partial charge >= 0.3 is 0 Å². The van der Waals surface area contributed by atoms with Gasteiger partial charge in [-0.25, -0.2) is 0 Å². The highest BCUT2D eigenvalue weighted by molar-refractivity contribution is 7.12. The molecule has 1 aliphatic rings. The van der Waals surface area contributed by atoms with Gasteiger partial charge in [-0.05, 0) is 32.0 Å². The Morgan fingerprint density at radius 1 is 1.54 bits per heavy atom. The van der Waals surface area contributed by atoms with Gasteiger partial charge in [0, 0.05) is 16.9 Å². The fourth-order valence-electron chi connectivity index (χ4n) is 1.84. The molecule has 72 valence electrons. The molecule has 1 aromatic heterocycles. The normalized spacial score (nSPS) is 28.2. The van der Waals surface area contributed by atoms with Crippen molar-refractivity contribution in [2.24, 2.45) is 0 Å². The van der Waals surface area contributed by atoms with Crippen molar-refractivity contribution in [3.63, 3.8) is 0 Å². The first-order valence-corrected chi connectivity index (χ1v) is 5.45. The second kappa shape index (κ2) is 3.78. The quantitative estimate of drug-likeness (QED) is 0.784. The van der Waals surface area contributed by atoms with Crippen molar-refractivity contribution >= 4 is 11.3 Å². The van der Waals surface area contributed by atoms with Crippen molar-refractivity contribution in [1.82, 2.24) is 5.32 Å². The first kappa shape index (κ1) is 9.19. The Morgan fingerprint density at radius 3 is 3.00 bits per heavy atom. The van der Waals surface area contributed by atoms with E-state index in [4.69, 9.17) is 4.74 Å². The lowest BCUT2D eigenvalue weighted by Crippen LogP contribution is -2.21. The molecule has 0 aliphatic carbocycles. The molecule has 1 unspecified atom stereocenters. The number of methoxy groups -OCH3 is 1. The number of ether oxygens (including phenoxy) is 1. The van der Waals surface area contributed by atoms with Crippen LogP contribution in [0.25, 0.3) is 0 Å². The maximum absolute atomic E-state index is 5.43. The maximum Gasteiger partial charge on any atom is 0.0786 e. The smallest absolute Gasteiger partial charge is 0.0786 e. The molecular formula is C10H15NOS. The highest BCUT2D eigenvalue weighted by atomic mass is 32.1. The predicted octanol–water partition coefficient (Wildman–Crippen LogP) is 2.11. The topological polar surface area (TPSA) is 21.3 Å². The number of rotatable bonds is 2. The summed E-state index contributed by atoms with van der Waals surface area (Å²) in [5.74, 6) is 0. The zero-order valence-electron chi connectivity index (χ0n) is 8.04. The zero-order chi connectivity index (χ0) is 9.26. The van der Waals surface area contributed by atoms with E-state index in [9.17, 15) is 0 Å². The van der Waals surface area contributed by atoms with Gasteiger partial charge in [0.1, 0.15) is 0 Å². The van der Waals surface area contributed by atoms with Gasteiger partial charge in [-0.1, -0.05) is 0 Å². The van der Waals surface area contributed by atoms with Gasteiger partial charge in [0.25, 0.3) is 0 Å². The largest absolute Gasteiger partial charge is 0.379 e. The fourth-order valence-corrected chi connectivity index (χ4v) is 2.84. The highest BCUT2D eigenvalue weighted by Gasteiger charge is 2.28. The van der Waals surface area contributed by atoms with Crippen molar-refractivity contribution < 1.29 is 4.74 Å². The van der Waals surface area contributed by atoms with E-state index < -0.39 is 0 Å². The van der Waals surface area contributed by atoms with Crippen LogP contribution in [0, 0.1) is 6.92 Å². The van der Waals surface area contributed by atoms with Crippen LogP contribution in [0.3, 0.4) is 0 Å². The Bertz CT molecular complexity index is 284. The Kier molecular flexibility index (Phi) is 2.67. The Hall–Kier alpha value is -0.380. The van der Waals surface area contributed by atoms with E-state index in [-0.39, 0.29) is 0 Å². The minimum Gasteiger partial charge on any atom is -0.379 e. The van der Waals surface area contributed by atoms with Crippen molar-refractivity contribution in [2.45, 2.75) is 25.5 Å². The number of hydrogen-bond acceptors (Lipinski definition) is 3. The molecule has 0 amide bonds. The summed E-state index contributed by atoms with van der Waals surface area (Å²) >= 11 is 1.86. The van der Waals surface area contributed by atoms with Crippen LogP contribution < -0.4 is 5.32 Å². The van der Waals surface area contributed by atoms with E-state index in [0.29, 0.717) is 12.1 Å². The number of hydrogen-bond donors (Lipinski definition) is 1. The first-order chi connectivity index (χ1) is 6.31. The number of thiophene rings is 1. The van der Waals surface area contributed by atoms with E-state index in [1.807, 2.05) is 11.3 Å². The molecule has 1 aromatic rings. The molecule has 0 saturated carbocycles. The molecule has 2 rings (SSSR count). The van der Waals surface area contributed by atoms with Crippen LogP contribution in [0.4, 0.5) is 0 Å². The van der Waals surface area contributed by atoms with Gasteiger partial charge in [-0.2, -0.15) is 0 Å². The predicted molar refractivity (Wildman–Crippen MR) is 55.2 cm³/mol. The molecule has 2 atom stereocenters. The van der Waals surface area contributed by atoms with Crippen LogP contribution >= 0.6 is 11.3 Å². The van der Waals surface area contributed by atoms with Gasteiger partial charge in [0.15, 0.2) is 0 Å². The summed E-state index contributed by atoms with van der Waals surface area (Å²) in [5.41, 5.74) is 0. The molecule has 13 heavy (non-hydrogen) atoms. The molecule has 0 aromatic carbocycles. The van der Waals surface area contributed by atoms with Gasteiger partial charge in [0.2, 0.25) is 0 Å². The van der Waals surface area contributed by atoms with E-state index >= 15 is 0 Å². The third kappa shape index (κ3) is 1.77. The van der Waals surface area contributed by atoms with E-state index in [0.717, 1.165) is 13.0 Å². The maximum atomic E-state index is 5.43. The fraction of sp³-hybridized carbons (Fsp3) is 0.600. The molecule has 2 heterocycles. The molecule has 1 aliphatic heterocycles. The van der Waals surface area contributed by atoms with Gasteiger partial charge < -0.3 is 10.1 Å². The average molecular weight is 197 g/mol. The van der Waals surface area contributed by atoms with Crippen LogP contribution in [0.15, 0.2) is 12.1 Å². The monoisotopic (exact) mass is 197 g/mol. The Morgan fingerprint density at radius 2 is 2.38 bits per heavy atom. The van der Waals surface area contributed by atoms with Gasteiger partial charge in [0.05, 0.1) is 12.1 Å². The lowest BCUT2D eigenvalue weighted by Gasteiger charge is -2.16. The number of aryl methyl sites for hydroxylation is 1. The van der Waals surface area contributed by atoms with E-state index in [1.165, 1.54) is 9.75 Å². The van der Waals surface area contributed by atoms with Crippen molar-refractivity contribution in [1.29, 1.82) is 0 Å². The van der Waals surface area contributed by atoms with Crippen LogP contribution in [0.5, 0.6) is 0 Å². The van der Waals surface area contributed by atoms with E-state index in [1.54, 1.807) is 7.11 Å². The summed E-state index contributed by atoms with van der Waals surface area (Å²) < 4.78 is 5.43. The standard InChI is InChI=1S/C10H15NOS/c1-7-3-4-9(13-7)10-8(12-2)5-6-11-10/h3-4,8,10-11H,5-6H2,1-2H3/t8-,10?/m0/s1. The number of nitrogens with one attached hydrogen (secondary N) is 1. The second-order valence-electron chi connectivity index (χ2n) is 3.44. The summed E-state index contributed by atoms with van der Waals surface area (Å²) in [7, 11) is 1.80. The first-order valence-electron chi connectivity index (χ1n) is 4.64. The lowest BCUT2D eigenvalue weighted by atomic mass is 10.1. The van der Waals surface area contributed by atoms with Gasteiger partial charge in [-0.15, -0.1) is 11.3 Å². The summed E-state index contributed by atoms with van der Waals surface area (Å²) in [6.45, 7) is 3.21. The highest BCUT2D eigenvalue weighted by Crippen LogP contribution is 2.30. The molecule has 3 heteroatoms. The van der Waals surface area contributed by atoms with Crippen molar-refractivity contribution in [2.75, 3.05) is 13.7 Å². The summed E-state index contributed by atoms with van der Waals surface area (Å²) in [6, 6.07) is 4.80. The molecule has 1 fully saturated rings. The molecule has 1 saturated heterocycles. The van der Waals surface area contributed by atoms with Crippen LogP contribution in [0.2, 0.25) is 0 Å². The van der Waals surface area contributed by atoms with Crippen molar-refractivity contribution in [3.05, 3.63) is 21.9 Å². The second-order valence-corrected chi connectivity index (χ2v) is 4.76. The summed E-state index contributed by atoms with van der Waals surface area (Å²) in [6.07, 6.45) is 1.48. The molecule has 2 nitrogen and oxygen atoms in total. The van der Waals surface area contributed by atoms with Crippen LogP contribution in [-0.4, -0.2) is 19.8 Å². The summed E-state index contributed by atoms with van der Waals surface area (Å²) in [4.78, 5) is 2.78. The summed E-state index contributed by atoms with van der Waals surface area (Å²) in [5, 5.41) is 3.47. The Labute approximate surface area is 82.9 Å². The zero-order valence-corrected chi connectivity index (χ0v) is 8.86. The molecule has 0 spiro atoms. The van der Waals surface area contributed by atoms with Crippen LogP contribution in [-0.2, 0) is 4.74 Å². The minimum absolute atomic E-state index is 0.359. The third-order valence-corrected chi connectivity index (χ3v) is 3.62. The van der Waals surface area contributed by atoms with Crippen molar-refractivity contribution in [3.8, 4) is 0 Å². The molecule has 1 N–H and O–H groups in total. The lowest BCUT2D eigenvalue weighted by molar-refractivity contribution is 0.0929. The molecule has 0 radical (unpaired) electrons. The Balaban J connectivity index is 2.15. The van der Waals surface area contributed by atoms with E-state index in [2.05, 4.69) is 24.4 Å². The van der Waals surface area contributed by atoms with Gasteiger partial charge in [-0.3, -0.25) is 0 Å². The minimum atomic E-state index is 0.359. The SMILES string of the molecule is CO[C@H]1CCNC1c1ccc(C)s1. The molecule has 0 bridgehead atoms.